The Morgan fingerprint density at radius 1 is 0.454 bits per heavy atom. The number of ketones is 1. The summed E-state index contributed by atoms with van der Waals surface area (Å²) in [6, 6.07) is 57.1. The van der Waals surface area contributed by atoms with Crippen molar-refractivity contribution in [2.75, 3.05) is 85.1 Å². The van der Waals surface area contributed by atoms with Gasteiger partial charge in [0.15, 0.2) is 15.6 Å². The van der Waals surface area contributed by atoms with E-state index in [9.17, 15) is 49.5 Å². The van der Waals surface area contributed by atoms with Crippen molar-refractivity contribution >= 4 is 120 Å². The average Bonchev–Trinajstić information content (AvgIpc) is 1.63. The van der Waals surface area contributed by atoms with Crippen molar-refractivity contribution in [1.82, 2.24) is 74.9 Å². The zero-order valence-electron chi connectivity index (χ0n) is 78.5. The lowest BCUT2D eigenvalue weighted by molar-refractivity contribution is 0.0765. The van der Waals surface area contributed by atoms with Crippen LogP contribution >= 0.6 is 0 Å². The molecule has 30 nitrogen and oxygen atoms in total. The highest BCUT2D eigenvalue weighted by Gasteiger charge is 2.47. The molecule has 33 heteroatoms. The number of aliphatic hydroxyl groups excluding tert-OH is 1. The number of nitrogens with one attached hydrogen (secondary N) is 5. The van der Waals surface area contributed by atoms with E-state index in [-0.39, 0.29) is 111 Å². The number of rotatable bonds is 24. The average molecular weight is 1950 g/mol. The summed E-state index contributed by atoms with van der Waals surface area (Å²) in [6.07, 6.45) is 38.7. The molecule has 22 rings (SSSR count). The minimum atomic E-state index is -3.16. The minimum absolute atomic E-state index is 0.0142. The van der Waals surface area contributed by atoms with Gasteiger partial charge in [0.2, 0.25) is 23.8 Å². The molecule has 2 aliphatic heterocycles. The Balaban J connectivity index is 0.000000120. The number of nitrogens with two attached hydrogens (primary N) is 4. The molecule has 3 amide bonds. The van der Waals surface area contributed by atoms with Gasteiger partial charge in [0.05, 0.1) is 56.8 Å². The predicted molar refractivity (Wildman–Crippen MR) is 550 cm³/mol. The molecule has 16 aromatic rings. The van der Waals surface area contributed by atoms with Crippen LogP contribution in [0, 0.1) is 0 Å². The van der Waals surface area contributed by atoms with Crippen LogP contribution in [0.25, 0.3) is 88.1 Å². The Bertz CT molecular complexity index is 7760. The molecule has 6 fully saturated rings. The summed E-state index contributed by atoms with van der Waals surface area (Å²) in [5, 5.41) is 17.0. The number of H-pyrrole nitrogens is 4. The Hall–Kier alpha value is -14.7. The Labute approximate surface area is 816 Å². The number of anilines is 4. The molecule has 4 saturated carbocycles. The van der Waals surface area contributed by atoms with E-state index < -0.39 is 35.6 Å². The van der Waals surface area contributed by atoms with E-state index in [0.29, 0.717) is 54.6 Å². The zero-order chi connectivity index (χ0) is 98.3. The second kappa shape index (κ2) is 38.8. The summed E-state index contributed by atoms with van der Waals surface area (Å²) in [5.74, 6) is 0.643. The van der Waals surface area contributed by atoms with Gasteiger partial charge in [-0.25, -0.2) is 65.1 Å². The quantitative estimate of drug-likeness (QED) is 0.0251. The predicted octanol–water partition coefficient (Wildman–Crippen LogP) is 16.0. The van der Waals surface area contributed by atoms with Crippen molar-refractivity contribution in [3.8, 4) is 44.5 Å². The van der Waals surface area contributed by atoms with Gasteiger partial charge in [0.25, 0.3) is 17.7 Å². The van der Waals surface area contributed by atoms with Crippen LogP contribution in [0.4, 0.5) is 23.8 Å². The lowest BCUT2D eigenvalue weighted by Crippen LogP contribution is -2.35. The van der Waals surface area contributed by atoms with E-state index >= 15 is 0 Å². The highest BCUT2D eigenvalue weighted by atomic mass is 32.2. The number of benzene rings is 8. The van der Waals surface area contributed by atoms with Gasteiger partial charge in [0.1, 0.15) is 19.7 Å². The largest absolute Gasteiger partial charge is 0.391 e. The zero-order valence-corrected chi connectivity index (χ0v) is 81.0. The van der Waals surface area contributed by atoms with E-state index in [2.05, 4.69) is 193 Å². The molecule has 2 saturated heterocycles. The maximum atomic E-state index is 13.2. The lowest BCUT2D eigenvalue weighted by atomic mass is 9.60. The van der Waals surface area contributed by atoms with Gasteiger partial charge in [-0.2, -0.15) is 0 Å². The van der Waals surface area contributed by atoms with E-state index in [0.717, 1.165) is 159 Å². The number of aromatic amines is 4. The number of nitrogen functional groups attached to an aromatic ring is 4. The van der Waals surface area contributed by atoms with Gasteiger partial charge in [0, 0.05) is 208 Å². The molecule has 0 radical (unpaired) electrons. The fourth-order valence-electron chi connectivity index (χ4n) is 21.3. The Kier molecular flexibility index (Phi) is 26.2. The van der Waals surface area contributed by atoms with Crippen molar-refractivity contribution in [2.45, 2.75) is 137 Å². The SMILES string of the molecule is CN(CCS(C)(=O)=O)C(=O)c1cccc2c(C3(c4ccc(-c5cnc(N)nc5)cc4)CCC3)c[nH]c12.CS(=O)(=O)CCCC(=O)c1cccc2c(C3(c4ccc(-c5cnc(N)nc5)cc4)CCC3)c[nH]c12.Nc1ncc(-c2ccc(C3(c4c[nH]c5c(C(=O)N6CCC(O)C6)cccc45)CCC3)cc2)cn1.Nc1ncc(-c2ccc(C3(c4c[nH]c5cc(C(=O)NC6CCS(=O)(=O)C6)ccc45)CCC3)cc2)cn1. The highest BCUT2D eigenvalue weighted by molar-refractivity contribution is 7.91. The highest BCUT2D eigenvalue weighted by Crippen LogP contribution is 2.56. The first-order valence-electron chi connectivity index (χ1n) is 47.6. The molecule has 8 aromatic heterocycles. The molecule has 0 bridgehead atoms. The molecular weight excluding hydrogens is 1840 g/mol. The molecule has 2 unspecified atom stereocenters. The molecular formula is C108H111N19O11S3. The van der Waals surface area contributed by atoms with Crippen LogP contribution in [0.3, 0.4) is 0 Å². The molecule has 2 atom stereocenters. The number of aliphatic hydroxyl groups is 1. The van der Waals surface area contributed by atoms with Crippen molar-refractivity contribution in [3.05, 3.63) is 311 Å². The normalized spacial score (nSPS) is 17.4. The Morgan fingerprint density at radius 2 is 0.816 bits per heavy atom. The van der Waals surface area contributed by atoms with Crippen LogP contribution in [0.15, 0.2) is 244 Å². The number of hydrogen-bond donors (Lipinski definition) is 10. The number of fused-ring (bicyclic) bond motifs is 4. The van der Waals surface area contributed by atoms with Crippen molar-refractivity contribution in [2.24, 2.45) is 0 Å². The maximum absolute atomic E-state index is 13.2. The summed E-state index contributed by atoms with van der Waals surface area (Å²) < 4.78 is 69.4. The van der Waals surface area contributed by atoms with Crippen LogP contribution in [-0.2, 0) is 51.2 Å². The lowest BCUT2D eigenvalue weighted by Gasteiger charge is -2.43. The van der Waals surface area contributed by atoms with E-state index in [1.54, 1.807) is 67.6 Å². The number of Topliss-reactive ketones (excluding diaryl/α,β-unsaturated/α-hetero) is 1. The molecule has 722 valence electrons. The fourth-order valence-corrected chi connectivity index (χ4v) is 24.2. The molecule has 10 heterocycles. The second-order valence-electron chi connectivity index (χ2n) is 38.4. The first-order valence-corrected chi connectivity index (χ1v) is 53.6. The van der Waals surface area contributed by atoms with Crippen molar-refractivity contribution < 1.29 is 49.5 Å². The van der Waals surface area contributed by atoms with Crippen molar-refractivity contribution in [1.29, 1.82) is 0 Å². The van der Waals surface area contributed by atoms with Crippen LogP contribution in [0.1, 0.15) is 189 Å². The molecule has 14 N–H and O–H groups in total. The fraction of sp³-hybridized carbons (Fsp3) is 0.296. The third-order valence-corrected chi connectivity index (χ3v) is 33.3. The first-order chi connectivity index (χ1) is 67.8. The molecule has 6 aliphatic rings. The number of carbonyl (C=O) groups excluding carboxylic acids is 4. The summed E-state index contributed by atoms with van der Waals surface area (Å²) in [4.78, 5) is 102. The topological polar surface area (TPSA) is 480 Å². The van der Waals surface area contributed by atoms with Crippen LogP contribution in [-0.4, -0.2) is 198 Å². The van der Waals surface area contributed by atoms with E-state index in [1.165, 1.54) is 68.3 Å². The number of aromatic nitrogens is 12. The van der Waals surface area contributed by atoms with Gasteiger partial charge in [-0.3, -0.25) is 19.2 Å². The maximum Gasteiger partial charge on any atom is 0.256 e. The first kappa shape index (κ1) is 95.3. The minimum Gasteiger partial charge on any atom is -0.391 e. The summed E-state index contributed by atoms with van der Waals surface area (Å²) in [6.45, 7) is 1.15. The Morgan fingerprint density at radius 3 is 1.17 bits per heavy atom. The molecule has 0 spiro atoms. The number of hydrogen-bond acceptors (Lipinski definition) is 23. The van der Waals surface area contributed by atoms with Gasteiger partial charge < -0.3 is 63.1 Å². The number of likely N-dealkylation sites (tertiary alicyclic amines) is 1. The second-order valence-corrected chi connectivity index (χ2v) is 45.2. The summed E-state index contributed by atoms with van der Waals surface area (Å²) >= 11 is 0. The monoisotopic (exact) mass is 1950 g/mol. The third-order valence-electron chi connectivity index (χ3n) is 29.6. The standard InChI is InChI=1S/C27H27N5O3S.C27H29N5O3S.C27H27N5O2.C27H28N4O3S/c28-26-30-13-19(14-31-26)17-2-5-20(6-3-17)27(9-1-10-27)23-15-29-24-12-18(4-7-22(23)24)25(33)32-21-8-11-36(34,35)16-21;1-32(13-14-36(2,34)35)25(33)22-6-3-5-21-23(17-29-24(21)22)27(11-4-12-27)20-9-7-18(8-10-20)19-15-30-26(28)31-16-19;28-26-30-13-18(14-31-26)17-5-7-19(8-6-17)27(10-2-11-27)23-15-29-24-21(23)3-1-4-22(24)25(34)32-12-9-20(33)16-32;1-35(33,34)14-3-7-24(32)22-6-2-5-21-23(17-29-25(21)22)27(12-4-13-27)20-10-8-18(9-11-20)19-15-30-26(28)31-16-19/h2-7,12-15,21,29H,1,8-11,16H2,(H,32,33)(H2,28,30,31);3,5-10,15-17,29H,4,11-14H2,1-2H3,(H2,28,30,31);1,3-8,13-15,20,29,33H,2,9-12,16H2,(H2,28,30,31);2,5-6,8-11,15-17,29H,3-4,7,12-14H2,1H3,(H2,28,30,31). The number of carbonyl (C=O) groups is 4. The third kappa shape index (κ3) is 19.4. The van der Waals surface area contributed by atoms with Crippen LogP contribution in [0.2, 0.25) is 0 Å². The summed E-state index contributed by atoms with van der Waals surface area (Å²) in [7, 11) is -7.65. The summed E-state index contributed by atoms with van der Waals surface area (Å²) in [5.41, 5.74) is 45.6. The van der Waals surface area contributed by atoms with Gasteiger partial charge in [-0.1, -0.05) is 165 Å². The van der Waals surface area contributed by atoms with Crippen LogP contribution in [0.5, 0.6) is 0 Å². The van der Waals surface area contributed by atoms with E-state index in [4.69, 9.17) is 22.9 Å². The molecule has 8 aromatic carbocycles. The number of amides is 3. The number of β-amino-alcohol motifs (C(OH)–C–C–N with tert-alkyl or cyclic N) is 1. The number of sulfone groups is 3. The molecule has 4 aliphatic carbocycles. The van der Waals surface area contributed by atoms with Gasteiger partial charge in [-0.15, -0.1) is 0 Å². The smallest absolute Gasteiger partial charge is 0.256 e. The van der Waals surface area contributed by atoms with Gasteiger partial charge >= 0.3 is 0 Å². The van der Waals surface area contributed by atoms with Gasteiger partial charge in [-0.05, 0) is 168 Å². The number of nitrogens with zero attached hydrogens (tertiary/aromatic N) is 10. The van der Waals surface area contributed by atoms with Crippen molar-refractivity contribution in [3.63, 3.8) is 0 Å². The van der Waals surface area contributed by atoms with Crippen LogP contribution < -0.4 is 28.3 Å². The van der Waals surface area contributed by atoms with E-state index in [1.807, 2.05) is 60.9 Å². The number of para-hydroxylation sites is 3. The molecule has 141 heavy (non-hydrogen) atoms.